The molecule has 0 amide bonds. The molecule has 2 aromatic carbocycles. The van der Waals surface area contributed by atoms with Crippen LogP contribution in [0.4, 0.5) is 0 Å². The lowest BCUT2D eigenvalue weighted by atomic mass is 10.1. The molecule has 104 valence electrons. The van der Waals surface area contributed by atoms with Gasteiger partial charge < -0.3 is 4.74 Å². The molecule has 0 radical (unpaired) electrons. The number of carbonyl (C=O) groups excluding carboxylic acids is 1. The molecule has 2 rings (SSSR count). The van der Waals surface area contributed by atoms with Crippen molar-refractivity contribution in [2.75, 3.05) is 0 Å². The second kappa shape index (κ2) is 5.85. The molecule has 6 heteroatoms. The second-order valence-corrected chi connectivity index (χ2v) is 5.54. The molecule has 2 aromatic rings. The van der Waals surface area contributed by atoms with Crippen LogP contribution in [0.15, 0.2) is 60.7 Å². The third-order valence-electron chi connectivity index (χ3n) is 2.58. The molecule has 0 bridgehead atoms. The van der Waals surface area contributed by atoms with Crippen LogP contribution in [0.1, 0.15) is 10.8 Å². The van der Waals surface area contributed by atoms with Crippen LogP contribution in [0.5, 0.6) is 5.75 Å². The van der Waals surface area contributed by atoms with Crippen LogP contribution in [0.25, 0.3) is 0 Å². The zero-order valence-corrected chi connectivity index (χ0v) is 11.2. The van der Waals surface area contributed by atoms with Gasteiger partial charge in [-0.25, -0.2) is 4.79 Å². The van der Waals surface area contributed by atoms with E-state index in [0.717, 1.165) is 0 Å². The van der Waals surface area contributed by atoms with Gasteiger partial charge in [0.25, 0.3) is 10.1 Å². The SMILES string of the molecule is O=C(Oc1ccccc1)C(c1ccccc1)S(=O)(=O)O. The second-order valence-electron chi connectivity index (χ2n) is 4.04. The summed E-state index contributed by atoms with van der Waals surface area (Å²) >= 11 is 0. The number of para-hydroxylation sites is 1. The monoisotopic (exact) mass is 292 g/mol. The summed E-state index contributed by atoms with van der Waals surface area (Å²) in [7, 11) is -4.61. The zero-order valence-electron chi connectivity index (χ0n) is 10.3. The van der Waals surface area contributed by atoms with Crippen LogP contribution in [-0.2, 0) is 14.9 Å². The Labute approximate surface area is 116 Å². The van der Waals surface area contributed by atoms with E-state index in [-0.39, 0.29) is 11.3 Å². The molecular weight excluding hydrogens is 280 g/mol. The fraction of sp³-hybridized carbons (Fsp3) is 0.0714. The minimum atomic E-state index is -4.61. The predicted molar refractivity (Wildman–Crippen MR) is 72.8 cm³/mol. The van der Waals surface area contributed by atoms with Crippen molar-refractivity contribution in [2.24, 2.45) is 0 Å². The standard InChI is InChI=1S/C14H12O5S/c15-14(19-12-9-5-2-6-10-12)13(20(16,17)18)11-7-3-1-4-8-11/h1-10,13H,(H,16,17,18). The molecule has 0 fully saturated rings. The van der Waals surface area contributed by atoms with Crippen LogP contribution >= 0.6 is 0 Å². The first-order chi connectivity index (χ1) is 9.48. The van der Waals surface area contributed by atoms with Crippen molar-refractivity contribution in [3.63, 3.8) is 0 Å². The van der Waals surface area contributed by atoms with Crippen molar-refractivity contribution < 1.29 is 22.5 Å². The molecule has 1 atom stereocenters. The van der Waals surface area contributed by atoms with Gasteiger partial charge in [-0.15, -0.1) is 0 Å². The van der Waals surface area contributed by atoms with Crippen molar-refractivity contribution in [3.8, 4) is 5.75 Å². The average Bonchev–Trinajstić information content (AvgIpc) is 2.39. The summed E-state index contributed by atoms with van der Waals surface area (Å²) in [5.74, 6) is -0.841. The summed E-state index contributed by atoms with van der Waals surface area (Å²) in [6, 6.07) is 15.7. The van der Waals surface area contributed by atoms with Gasteiger partial charge in [0.05, 0.1) is 0 Å². The lowest BCUT2D eigenvalue weighted by Gasteiger charge is -2.13. The number of carbonyl (C=O) groups is 1. The van der Waals surface area contributed by atoms with E-state index in [4.69, 9.17) is 4.74 Å². The van der Waals surface area contributed by atoms with Gasteiger partial charge in [-0.1, -0.05) is 48.5 Å². The normalized spacial score (nSPS) is 12.7. The van der Waals surface area contributed by atoms with Crippen LogP contribution in [0.2, 0.25) is 0 Å². The quantitative estimate of drug-likeness (QED) is 0.531. The summed E-state index contributed by atoms with van der Waals surface area (Å²) in [5.41, 5.74) is 0.149. The molecule has 5 nitrogen and oxygen atoms in total. The van der Waals surface area contributed by atoms with Crippen molar-refractivity contribution in [3.05, 3.63) is 66.2 Å². The fourth-order valence-corrected chi connectivity index (χ4v) is 2.51. The third kappa shape index (κ3) is 3.43. The Hall–Kier alpha value is -2.18. The first-order valence-corrected chi connectivity index (χ1v) is 7.27. The summed E-state index contributed by atoms with van der Waals surface area (Å²) < 4.78 is 37.1. The highest BCUT2D eigenvalue weighted by Gasteiger charge is 2.34. The lowest BCUT2D eigenvalue weighted by Crippen LogP contribution is -2.26. The largest absolute Gasteiger partial charge is 0.425 e. The summed E-state index contributed by atoms with van der Waals surface area (Å²) in [4.78, 5) is 12.0. The Kier molecular flexibility index (Phi) is 4.16. The molecule has 0 aliphatic heterocycles. The van der Waals surface area contributed by atoms with Gasteiger partial charge in [-0.05, 0) is 17.7 Å². The molecule has 0 aromatic heterocycles. The molecule has 0 heterocycles. The zero-order chi connectivity index (χ0) is 14.6. The maximum absolute atomic E-state index is 12.0. The minimum Gasteiger partial charge on any atom is -0.425 e. The van der Waals surface area contributed by atoms with Crippen molar-refractivity contribution in [1.82, 2.24) is 0 Å². The molecule has 0 spiro atoms. The van der Waals surface area contributed by atoms with Gasteiger partial charge in [0.2, 0.25) is 5.25 Å². The maximum atomic E-state index is 12.0. The topological polar surface area (TPSA) is 80.7 Å². The number of rotatable bonds is 4. The Balaban J connectivity index is 2.31. The Morgan fingerprint density at radius 1 is 0.950 bits per heavy atom. The molecule has 0 saturated carbocycles. The van der Waals surface area contributed by atoms with Gasteiger partial charge in [-0.2, -0.15) is 8.42 Å². The highest BCUT2D eigenvalue weighted by molar-refractivity contribution is 7.86. The van der Waals surface area contributed by atoms with Crippen molar-refractivity contribution in [2.45, 2.75) is 5.25 Å². The smallest absolute Gasteiger partial charge is 0.336 e. The fourth-order valence-electron chi connectivity index (χ4n) is 1.72. The highest BCUT2D eigenvalue weighted by Crippen LogP contribution is 2.24. The molecule has 1 unspecified atom stereocenters. The van der Waals surface area contributed by atoms with Crippen molar-refractivity contribution in [1.29, 1.82) is 0 Å². The first-order valence-electron chi connectivity index (χ1n) is 5.76. The van der Waals surface area contributed by atoms with E-state index in [0.29, 0.717) is 0 Å². The van der Waals surface area contributed by atoms with Crippen LogP contribution in [0.3, 0.4) is 0 Å². The van der Waals surface area contributed by atoms with Crippen LogP contribution in [-0.4, -0.2) is 18.9 Å². The average molecular weight is 292 g/mol. The first kappa shape index (κ1) is 14.2. The molecule has 0 aliphatic carbocycles. The number of benzene rings is 2. The molecule has 0 saturated heterocycles. The van der Waals surface area contributed by atoms with Gasteiger partial charge >= 0.3 is 5.97 Å². The summed E-state index contributed by atoms with van der Waals surface area (Å²) in [6.45, 7) is 0. The third-order valence-corrected chi connectivity index (χ3v) is 3.64. The minimum absolute atomic E-state index is 0.149. The predicted octanol–water partition coefficient (Wildman–Crippen LogP) is 2.22. The summed E-state index contributed by atoms with van der Waals surface area (Å²) in [6.07, 6.45) is 0. The van der Waals surface area contributed by atoms with Gasteiger partial charge in [0, 0.05) is 0 Å². The van der Waals surface area contributed by atoms with E-state index < -0.39 is 21.3 Å². The number of hydrogen-bond donors (Lipinski definition) is 1. The van der Waals surface area contributed by atoms with E-state index in [1.54, 1.807) is 36.4 Å². The summed E-state index contributed by atoms with van der Waals surface area (Å²) in [5, 5.41) is -1.76. The van der Waals surface area contributed by atoms with E-state index in [1.807, 2.05) is 0 Å². The van der Waals surface area contributed by atoms with Gasteiger partial charge in [0.15, 0.2) is 0 Å². The van der Waals surface area contributed by atoms with E-state index in [9.17, 15) is 17.8 Å². The van der Waals surface area contributed by atoms with E-state index in [1.165, 1.54) is 24.3 Å². The molecule has 0 aliphatic rings. The maximum Gasteiger partial charge on any atom is 0.336 e. The number of hydrogen-bond acceptors (Lipinski definition) is 4. The molecular formula is C14H12O5S. The lowest BCUT2D eigenvalue weighted by molar-refractivity contribution is -0.134. The Morgan fingerprint density at radius 2 is 1.45 bits per heavy atom. The van der Waals surface area contributed by atoms with E-state index >= 15 is 0 Å². The van der Waals surface area contributed by atoms with Gasteiger partial charge in [0.1, 0.15) is 5.75 Å². The highest BCUT2D eigenvalue weighted by atomic mass is 32.2. The Morgan fingerprint density at radius 3 is 1.95 bits per heavy atom. The van der Waals surface area contributed by atoms with E-state index in [2.05, 4.69) is 0 Å². The number of ether oxygens (including phenoxy) is 1. The Bertz CT molecular complexity index is 680. The van der Waals surface area contributed by atoms with Crippen LogP contribution < -0.4 is 4.74 Å². The molecule has 1 N–H and O–H groups in total. The van der Waals surface area contributed by atoms with Crippen LogP contribution in [0, 0.1) is 0 Å². The number of esters is 1. The van der Waals surface area contributed by atoms with Crippen molar-refractivity contribution >= 4 is 16.1 Å². The molecule has 20 heavy (non-hydrogen) atoms. The van der Waals surface area contributed by atoms with Gasteiger partial charge in [-0.3, -0.25) is 4.55 Å².